The molecule has 0 saturated heterocycles. The first-order chi connectivity index (χ1) is 13.5. The first-order valence-electron chi connectivity index (χ1n) is 8.47. The van der Waals surface area contributed by atoms with E-state index in [0.717, 1.165) is 21.3 Å². The molecule has 0 bridgehead atoms. The van der Waals surface area contributed by atoms with Crippen LogP contribution in [0.2, 0.25) is 5.02 Å². The van der Waals surface area contributed by atoms with E-state index in [1.807, 2.05) is 43.3 Å². The summed E-state index contributed by atoms with van der Waals surface area (Å²) in [6, 6.07) is 13.5. The van der Waals surface area contributed by atoms with Crippen LogP contribution in [0, 0.1) is 6.92 Å². The minimum atomic E-state index is -0.257. The number of rotatable bonds is 7. The van der Waals surface area contributed by atoms with E-state index in [1.165, 1.54) is 11.8 Å². The van der Waals surface area contributed by atoms with Crippen LogP contribution in [0.1, 0.15) is 11.1 Å². The minimum Gasteiger partial charge on any atom is -0.334 e. The zero-order valence-electron chi connectivity index (χ0n) is 15.2. The van der Waals surface area contributed by atoms with Crippen molar-refractivity contribution < 1.29 is 0 Å². The van der Waals surface area contributed by atoms with Crippen molar-refractivity contribution in [3.05, 3.63) is 86.1 Å². The normalized spacial score (nSPS) is 10.7. The highest BCUT2D eigenvalue weighted by atomic mass is 79.9. The molecule has 0 aliphatic rings. The smallest absolute Gasteiger partial charge is 0.297 e. The topological polar surface area (TPSA) is 59.8 Å². The Labute approximate surface area is 181 Å². The Morgan fingerprint density at radius 2 is 2.00 bits per heavy atom. The van der Waals surface area contributed by atoms with Crippen molar-refractivity contribution in [2.45, 2.75) is 24.4 Å². The van der Waals surface area contributed by atoms with Gasteiger partial charge in [0, 0.05) is 27.5 Å². The van der Waals surface area contributed by atoms with Gasteiger partial charge in [-0.1, -0.05) is 63.6 Å². The first-order valence-corrected chi connectivity index (χ1v) is 10.6. The van der Waals surface area contributed by atoms with Crippen LogP contribution in [0.15, 0.2) is 69.5 Å². The number of aromatic nitrogens is 3. The monoisotopic (exact) mass is 476 g/mol. The SMILES string of the molecule is C=CCn1c(SCc2ccc(Br)cc2)nnc(Nc2cccc(Cl)c2C)c1=O. The number of thioether (sulfide) groups is 1. The zero-order valence-corrected chi connectivity index (χ0v) is 18.3. The van der Waals surface area contributed by atoms with Crippen LogP contribution in [0.4, 0.5) is 11.5 Å². The number of nitrogens with zero attached hydrogens (tertiary/aromatic N) is 3. The van der Waals surface area contributed by atoms with Gasteiger partial charge >= 0.3 is 0 Å². The van der Waals surface area contributed by atoms with E-state index in [9.17, 15) is 4.79 Å². The maximum atomic E-state index is 12.9. The fraction of sp³-hybridized carbons (Fsp3) is 0.150. The van der Waals surface area contributed by atoms with Crippen LogP contribution in [-0.2, 0) is 12.3 Å². The van der Waals surface area contributed by atoms with Gasteiger partial charge in [-0.05, 0) is 42.3 Å². The molecule has 5 nitrogen and oxygen atoms in total. The summed E-state index contributed by atoms with van der Waals surface area (Å²) in [6.07, 6.45) is 1.67. The summed E-state index contributed by atoms with van der Waals surface area (Å²) in [5.41, 5.74) is 2.44. The van der Waals surface area contributed by atoms with Gasteiger partial charge in [-0.2, -0.15) is 0 Å². The lowest BCUT2D eigenvalue weighted by atomic mass is 10.2. The number of hydrogen-bond donors (Lipinski definition) is 1. The zero-order chi connectivity index (χ0) is 20.1. The molecule has 144 valence electrons. The third-order valence-corrected chi connectivity index (χ3v) is 6.00. The fourth-order valence-electron chi connectivity index (χ4n) is 2.48. The molecule has 1 N–H and O–H groups in total. The van der Waals surface area contributed by atoms with E-state index in [1.54, 1.807) is 16.7 Å². The Morgan fingerprint density at radius 1 is 1.25 bits per heavy atom. The average Bonchev–Trinajstić information content (AvgIpc) is 2.69. The second kappa shape index (κ2) is 9.41. The number of hydrogen-bond acceptors (Lipinski definition) is 5. The highest BCUT2D eigenvalue weighted by Crippen LogP contribution is 2.25. The predicted molar refractivity (Wildman–Crippen MR) is 120 cm³/mol. The molecular formula is C20H18BrClN4OS. The quantitative estimate of drug-likeness (QED) is 0.355. The Morgan fingerprint density at radius 3 is 2.71 bits per heavy atom. The standard InChI is InChI=1S/C20H18BrClN4OS/c1-3-11-26-19(27)18(23-17-6-4-5-16(22)13(17)2)24-25-20(26)28-12-14-7-9-15(21)10-8-14/h3-10H,1,11-12H2,2H3,(H,23,24). The van der Waals surface area contributed by atoms with Gasteiger partial charge in [0.05, 0.1) is 0 Å². The maximum Gasteiger partial charge on any atom is 0.297 e. The Balaban J connectivity index is 1.87. The van der Waals surface area contributed by atoms with Gasteiger partial charge in [0.15, 0.2) is 5.16 Å². The Hall–Kier alpha value is -2.09. The van der Waals surface area contributed by atoms with Crippen molar-refractivity contribution >= 4 is 50.8 Å². The Kier molecular flexibility index (Phi) is 6.93. The van der Waals surface area contributed by atoms with E-state index in [4.69, 9.17) is 11.6 Å². The van der Waals surface area contributed by atoms with Crippen molar-refractivity contribution in [2.24, 2.45) is 0 Å². The highest BCUT2D eigenvalue weighted by molar-refractivity contribution is 9.10. The number of nitrogens with one attached hydrogen (secondary N) is 1. The van der Waals surface area contributed by atoms with Gasteiger partial charge in [0.25, 0.3) is 5.56 Å². The van der Waals surface area contributed by atoms with Crippen LogP contribution in [0.5, 0.6) is 0 Å². The van der Waals surface area contributed by atoms with E-state index in [2.05, 4.69) is 38.0 Å². The lowest BCUT2D eigenvalue weighted by Crippen LogP contribution is -2.26. The first kappa shape index (κ1) is 20.6. The molecular weight excluding hydrogens is 460 g/mol. The van der Waals surface area contributed by atoms with Gasteiger partial charge < -0.3 is 5.32 Å². The van der Waals surface area contributed by atoms with Crippen molar-refractivity contribution in [2.75, 3.05) is 5.32 Å². The van der Waals surface area contributed by atoms with E-state index < -0.39 is 0 Å². The van der Waals surface area contributed by atoms with Crippen LogP contribution < -0.4 is 10.9 Å². The lowest BCUT2D eigenvalue weighted by molar-refractivity contribution is 0.626. The molecule has 2 aromatic carbocycles. The number of halogens is 2. The number of allylic oxidation sites excluding steroid dienone is 1. The predicted octanol–water partition coefficient (Wildman–Crippen LogP) is 5.58. The largest absolute Gasteiger partial charge is 0.334 e. The van der Waals surface area contributed by atoms with Crippen molar-refractivity contribution in [3.8, 4) is 0 Å². The van der Waals surface area contributed by atoms with Crippen molar-refractivity contribution in [1.82, 2.24) is 14.8 Å². The summed E-state index contributed by atoms with van der Waals surface area (Å²) in [6.45, 7) is 5.97. The lowest BCUT2D eigenvalue weighted by Gasteiger charge is -2.13. The number of benzene rings is 2. The van der Waals surface area contributed by atoms with Crippen LogP contribution in [0.25, 0.3) is 0 Å². The van der Waals surface area contributed by atoms with Crippen LogP contribution >= 0.6 is 39.3 Å². The van der Waals surface area contributed by atoms with Crippen LogP contribution in [-0.4, -0.2) is 14.8 Å². The minimum absolute atomic E-state index is 0.153. The van der Waals surface area contributed by atoms with Gasteiger partial charge in [0.1, 0.15) is 0 Å². The molecule has 0 aliphatic heterocycles. The molecule has 0 spiro atoms. The van der Waals surface area contributed by atoms with E-state index in [0.29, 0.717) is 22.5 Å². The number of anilines is 2. The third-order valence-electron chi connectivity index (χ3n) is 4.03. The summed E-state index contributed by atoms with van der Waals surface area (Å²) >= 11 is 11.0. The molecule has 1 heterocycles. The molecule has 8 heteroatoms. The molecule has 0 aliphatic carbocycles. The molecule has 0 fully saturated rings. The summed E-state index contributed by atoms with van der Waals surface area (Å²) < 4.78 is 2.59. The molecule has 0 saturated carbocycles. The summed E-state index contributed by atoms with van der Waals surface area (Å²) in [4.78, 5) is 12.9. The third kappa shape index (κ3) is 4.84. The molecule has 0 radical (unpaired) electrons. The van der Waals surface area contributed by atoms with Gasteiger partial charge in [-0.3, -0.25) is 9.36 Å². The van der Waals surface area contributed by atoms with E-state index >= 15 is 0 Å². The molecule has 0 unspecified atom stereocenters. The maximum absolute atomic E-state index is 12.9. The van der Waals surface area contributed by atoms with Crippen molar-refractivity contribution in [1.29, 1.82) is 0 Å². The summed E-state index contributed by atoms with van der Waals surface area (Å²) in [5.74, 6) is 0.832. The average molecular weight is 478 g/mol. The molecule has 1 aromatic heterocycles. The molecule has 0 atom stereocenters. The van der Waals surface area contributed by atoms with E-state index in [-0.39, 0.29) is 11.4 Å². The van der Waals surface area contributed by atoms with Gasteiger partial charge in [0.2, 0.25) is 5.82 Å². The van der Waals surface area contributed by atoms with Gasteiger partial charge in [-0.25, -0.2) is 0 Å². The Bertz CT molecular complexity index is 1050. The summed E-state index contributed by atoms with van der Waals surface area (Å²) in [7, 11) is 0. The molecule has 28 heavy (non-hydrogen) atoms. The highest BCUT2D eigenvalue weighted by Gasteiger charge is 2.13. The molecule has 0 amide bonds. The van der Waals surface area contributed by atoms with Gasteiger partial charge in [-0.15, -0.1) is 16.8 Å². The fourth-order valence-corrected chi connectivity index (χ4v) is 3.82. The van der Waals surface area contributed by atoms with Crippen molar-refractivity contribution in [3.63, 3.8) is 0 Å². The molecule has 3 rings (SSSR count). The second-order valence-corrected chi connectivity index (χ2v) is 8.25. The summed E-state index contributed by atoms with van der Waals surface area (Å²) in [5, 5.41) is 12.6. The molecule has 3 aromatic rings. The van der Waals surface area contributed by atoms with Crippen LogP contribution in [0.3, 0.4) is 0 Å². The second-order valence-electron chi connectivity index (χ2n) is 5.99.